The first-order valence-corrected chi connectivity index (χ1v) is 7.73. The van der Waals surface area contributed by atoms with Crippen molar-refractivity contribution in [2.75, 3.05) is 20.8 Å². The molecule has 1 aliphatic rings. The highest BCUT2D eigenvalue weighted by Gasteiger charge is 2.13. The average molecular weight is 321 g/mol. The maximum absolute atomic E-state index is 11.8. The molecule has 1 heterocycles. The SMILES string of the molecule is CC.COC=O.COc1ccc(CN2CCC=CCC2=O)cc1. The standard InChI is InChI=1S/C14H17NO2.C2H4O2.C2H6/c1-17-13-8-6-12(7-9-13)11-15-10-4-2-3-5-14(15)16;1-4-2-3;1-2/h2-3,6-9H,4-5,10-11H2,1H3;2H,1H3;1-2H3. The maximum atomic E-state index is 11.8. The second-order valence-electron chi connectivity index (χ2n) is 4.46. The molecule has 2 rings (SSSR count). The van der Waals surface area contributed by atoms with Gasteiger partial charge in [-0.25, -0.2) is 0 Å². The van der Waals surface area contributed by atoms with Gasteiger partial charge in [-0.3, -0.25) is 9.59 Å². The van der Waals surface area contributed by atoms with Crippen molar-refractivity contribution in [1.29, 1.82) is 0 Å². The van der Waals surface area contributed by atoms with Gasteiger partial charge in [0.2, 0.25) is 5.91 Å². The number of ether oxygens (including phenoxy) is 2. The summed E-state index contributed by atoms with van der Waals surface area (Å²) < 4.78 is 8.97. The van der Waals surface area contributed by atoms with E-state index in [4.69, 9.17) is 9.53 Å². The molecule has 1 amide bonds. The van der Waals surface area contributed by atoms with Crippen LogP contribution >= 0.6 is 0 Å². The second-order valence-corrected chi connectivity index (χ2v) is 4.46. The van der Waals surface area contributed by atoms with E-state index in [1.165, 1.54) is 7.11 Å². The zero-order valence-corrected chi connectivity index (χ0v) is 14.5. The first kappa shape index (κ1) is 20.7. The molecule has 23 heavy (non-hydrogen) atoms. The van der Waals surface area contributed by atoms with Gasteiger partial charge in [-0.15, -0.1) is 0 Å². The van der Waals surface area contributed by atoms with Crippen LogP contribution in [0.3, 0.4) is 0 Å². The molecule has 0 aliphatic carbocycles. The van der Waals surface area contributed by atoms with Crippen LogP contribution in [0, 0.1) is 0 Å². The quantitative estimate of drug-likeness (QED) is 0.631. The Hall–Kier alpha value is -2.30. The largest absolute Gasteiger partial charge is 0.497 e. The molecule has 128 valence electrons. The number of rotatable bonds is 4. The van der Waals surface area contributed by atoms with Crippen molar-refractivity contribution < 1.29 is 19.1 Å². The van der Waals surface area contributed by atoms with Gasteiger partial charge in [0, 0.05) is 19.5 Å². The Bertz CT molecular complexity index is 468. The molecule has 0 N–H and O–H groups in total. The summed E-state index contributed by atoms with van der Waals surface area (Å²) in [7, 11) is 2.96. The lowest BCUT2D eigenvalue weighted by Gasteiger charge is -2.20. The summed E-state index contributed by atoms with van der Waals surface area (Å²) in [6, 6.07) is 7.86. The number of methoxy groups -OCH3 is 2. The Morgan fingerprint density at radius 3 is 2.26 bits per heavy atom. The van der Waals surface area contributed by atoms with Gasteiger partial charge in [-0.1, -0.05) is 38.1 Å². The van der Waals surface area contributed by atoms with E-state index in [1.807, 2.05) is 49.1 Å². The van der Waals surface area contributed by atoms with E-state index in [1.54, 1.807) is 7.11 Å². The van der Waals surface area contributed by atoms with Gasteiger partial charge in [-0.05, 0) is 24.1 Å². The summed E-state index contributed by atoms with van der Waals surface area (Å²) in [5.74, 6) is 1.05. The number of hydrogen-bond acceptors (Lipinski definition) is 4. The third kappa shape index (κ3) is 8.66. The molecule has 0 unspecified atom stereocenters. The summed E-state index contributed by atoms with van der Waals surface area (Å²) >= 11 is 0. The van der Waals surface area contributed by atoms with Gasteiger partial charge in [0.1, 0.15) is 5.75 Å². The topological polar surface area (TPSA) is 55.8 Å². The Kier molecular flexibility index (Phi) is 12.0. The summed E-state index contributed by atoms with van der Waals surface area (Å²) in [6.07, 6.45) is 5.50. The Morgan fingerprint density at radius 1 is 1.13 bits per heavy atom. The average Bonchev–Trinajstić information content (AvgIpc) is 2.82. The van der Waals surface area contributed by atoms with Crippen LogP contribution in [-0.4, -0.2) is 38.0 Å². The van der Waals surface area contributed by atoms with E-state index >= 15 is 0 Å². The van der Waals surface area contributed by atoms with Gasteiger partial charge in [0.25, 0.3) is 6.47 Å². The molecular formula is C18H27NO4. The van der Waals surface area contributed by atoms with Crippen LogP contribution in [0.25, 0.3) is 0 Å². The molecule has 0 bridgehead atoms. The van der Waals surface area contributed by atoms with Crippen LogP contribution in [0.5, 0.6) is 5.75 Å². The molecule has 1 aromatic rings. The minimum absolute atomic E-state index is 0.203. The van der Waals surface area contributed by atoms with Crippen LogP contribution in [0.1, 0.15) is 32.3 Å². The molecule has 0 atom stereocenters. The molecule has 1 aromatic carbocycles. The summed E-state index contributed by atoms with van der Waals surface area (Å²) in [6.45, 7) is 5.87. The molecule has 0 saturated heterocycles. The van der Waals surface area contributed by atoms with Crippen LogP contribution in [0.4, 0.5) is 0 Å². The third-order valence-corrected chi connectivity index (χ3v) is 3.01. The van der Waals surface area contributed by atoms with Gasteiger partial charge >= 0.3 is 0 Å². The number of amides is 1. The van der Waals surface area contributed by atoms with Gasteiger partial charge in [0.15, 0.2) is 0 Å². The molecule has 5 nitrogen and oxygen atoms in total. The fraction of sp³-hybridized carbons (Fsp3) is 0.444. The lowest BCUT2D eigenvalue weighted by Crippen LogP contribution is -2.29. The maximum Gasteiger partial charge on any atom is 0.292 e. The van der Waals surface area contributed by atoms with E-state index in [9.17, 15) is 4.79 Å². The number of hydrogen-bond donors (Lipinski definition) is 0. The van der Waals surface area contributed by atoms with Crippen LogP contribution < -0.4 is 4.74 Å². The van der Waals surface area contributed by atoms with Crippen LogP contribution in [0.15, 0.2) is 36.4 Å². The number of carbonyl (C=O) groups excluding carboxylic acids is 2. The fourth-order valence-electron chi connectivity index (χ4n) is 1.90. The van der Waals surface area contributed by atoms with E-state index < -0.39 is 0 Å². The van der Waals surface area contributed by atoms with Gasteiger partial charge < -0.3 is 14.4 Å². The Morgan fingerprint density at radius 2 is 1.74 bits per heavy atom. The number of carbonyl (C=O) groups is 2. The van der Waals surface area contributed by atoms with E-state index in [-0.39, 0.29) is 5.91 Å². The van der Waals surface area contributed by atoms with Gasteiger partial charge in [-0.2, -0.15) is 0 Å². The summed E-state index contributed by atoms with van der Waals surface area (Å²) in [4.78, 5) is 22.6. The normalized spacial score (nSPS) is 12.9. The third-order valence-electron chi connectivity index (χ3n) is 3.01. The first-order chi connectivity index (χ1) is 11.2. The van der Waals surface area contributed by atoms with Crippen molar-refractivity contribution in [3.63, 3.8) is 0 Å². The Balaban J connectivity index is 0.000000705. The monoisotopic (exact) mass is 321 g/mol. The minimum Gasteiger partial charge on any atom is -0.497 e. The van der Waals surface area contributed by atoms with E-state index in [2.05, 4.69) is 10.8 Å². The second kappa shape index (κ2) is 13.4. The molecule has 0 aromatic heterocycles. The molecule has 0 spiro atoms. The molecule has 5 heteroatoms. The van der Waals surface area contributed by atoms with Crippen molar-refractivity contribution in [1.82, 2.24) is 4.90 Å². The van der Waals surface area contributed by atoms with E-state index in [0.717, 1.165) is 24.3 Å². The van der Waals surface area contributed by atoms with Gasteiger partial charge in [0.05, 0.1) is 14.2 Å². The lowest BCUT2D eigenvalue weighted by molar-refractivity contribution is -0.130. The molecular weight excluding hydrogens is 294 g/mol. The smallest absolute Gasteiger partial charge is 0.292 e. The number of benzene rings is 1. The molecule has 0 fully saturated rings. The Labute approximate surface area is 138 Å². The molecule has 1 aliphatic heterocycles. The predicted octanol–water partition coefficient (Wildman–Crippen LogP) is 3.19. The van der Waals surface area contributed by atoms with Crippen molar-refractivity contribution in [3.8, 4) is 5.75 Å². The molecule has 0 radical (unpaired) electrons. The van der Waals surface area contributed by atoms with E-state index in [0.29, 0.717) is 19.4 Å². The molecule has 0 saturated carbocycles. The van der Waals surface area contributed by atoms with Crippen molar-refractivity contribution in [2.24, 2.45) is 0 Å². The lowest BCUT2D eigenvalue weighted by atomic mass is 10.2. The summed E-state index contributed by atoms with van der Waals surface area (Å²) in [5.41, 5.74) is 1.14. The predicted molar refractivity (Wildman–Crippen MR) is 91.2 cm³/mol. The van der Waals surface area contributed by atoms with Crippen LogP contribution in [0.2, 0.25) is 0 Å². The minimum atomic E-state index is 0.203. The zero-order chi connectivity index (χ0) is 17.5. The van der Waals surface area contributed by atoms with Crippen LogP contribution in [-0.2, 0) is 20.9 Å². The number of nitrogens with zero attached hydrogens (tertiary/aromatic N) is 1. The highest BCUT2D eigenvalue weighted by Crippen LogP contribution is 2.14. The summed E-state index contributed by atoms with van der Waals surface area (Å²) in [5, 5.41) is 0. The first-order valence-electron chi connectivity index (χ1n) is 7.73. The highest BCUT2D eigenvalue weighted by atomic mass is 16.5. The highest BCUT2D eigenvalue weighted by molar-refractivity contribution is 5.78. The zero-order valence-electron chi connectivity index (χ0n) is 14.5. The van der Waals surface area contributed by atoms with Crippen molar-refractivity contribution in [3.05, 3.63) is 42.0 Å². The van der Waals surface area contributed by atoms with Crippen molar-refractivity contribution >= 4 is 12.4 Å². The fourth-order valence-corrected chi connectivity index (χ4v) is 1.90. The van der Waals surface area contributed by atoms with Crippen molar-refractivity contribution in [2.45, 2.75) is 33.2 Å².